The number of rotatable bonds is 5. The highest BCUT2D eigenvalue weighted by molar-refractivity contribution is 4.88. The molecule has 0 aromatic heterocycles. The van der Waals surface area contributed by atoms with Crippen LogP contribution in [0.15, 0.2) is 0 Å². The van der Waals surface area contributed by atoms with E-state index < -0.39 is 0 Å². The van der Waals surface area contributed by atoms with Gasteiger partial charge in [-0.05, 0) is 32.6 Å². The molecule has 4 heteroatoms. The molecular weight excluding hydrogens is 256 g/mol. The second kappa shape index (κ2) is 6.73. The number of fused-ring (bicyclic) bond motifs is 2. The Bertz CT molecular complexity index is 303. The van der Waals surface area contributed by atoms with Gasteiger partial charge in [0.2, 0.25) is 0 Å². The first kappa shape index (κ1) is 14.8. The van der Waals surface area contributed by atoms with Gasteiger partial charge in [-0.15, -0.1) is 0 Å². The molecule has 2 heterocycles. The minimum Gasteiger partial charge on any atom is -0.373 e. The van der Waals surface area contributed by atoms with E-state index >= 15 is 0 Å². The van der Waals surface area contributed by atoms with E-state index in [9.17, 15) is 0 Å². The molecule has 1 saturated carbocycles. The predicted molar refractivity (Wildman–Crippen MR) is 75.6 cm³/mol. The fraction of sp³-hybridized carbons (Fsp3) is 1.00. The molecule has 2 unspecified atom stereocenters. The highest BCUT2D eigenvalue weighted by Crippen LogP contribution is 2.34. The van der Waals surface area contributed by atoms with E-state index in [2.05, 4.69) is 6.92 Å². The second-order valence-electron chi connectivity index (χ2n) is 6.38. The van der Waals surface area contributed by atoms with Gasteiger partial charge >= 0.3 is 0 Å². The minimum absolute atomic E-state index is 0.0299. The summed E-state index contributed by atoms with van der Waals surface area (Å²) in [6, 6.07) is 0. The molecule has 5 atom stereocenters. The van der Waals surface area contributed by atoms with Crippen molar-refractivity contribution in [2.75, 3.05) is 13.2 Å². The van der Waals surface area contributed by atoms with Crippen LogP contribution in [-0.4, -0.2) is 43.9 Å². The van der Waals surface area contributed by atoms with E-state index in [4.69, 9.17) is 18.9 Å². The van der Waals surface area contributed by atoms with Gasteiger partial charge in [-0.2, -0.15) is 0 Å². The molecule has 0 radical (unpaired) electrons. The Kier molecular flexibility index (Phi) is 4.97. The molecule has 2 bridgehead atoms. The number of ether oxygens (including phenoxy) is 4. The minimum atomic E-state index is -0.176. The van der Waals surface area contributed by atoms with E-state index in [-0.39, 0.29) is 24.6 Å². The summed E-state index contributed by atoms with van der Waals surface area (Å²) in [5.41, 5.74) is 0. The van der Waals surface area contributed by atoms with Gasteiger partial charge in [0.25, 0.3) is 0 Å². The maximum absolute atomic E-state index is 6.35. The van der Waals surface area contributed by atoms with Gasteiger partial charge < -0.3 is 18.9 Å². The molecule has 0 amide bonds. The lowest BCUT2D eigenvalue weighted by molar-refractivity contribution is -0.214. The van der Waals surface area contributed by atoms with Crippen molar-refractivity contribution in [3.8, 4) is 0 Å². The largest absolute Gasteiger partial charge is 0.373 e. The molecule has 3 fully saturated rings. The third-order valence-corrected chi connectivity index (χ3v) is 5.00. The zero-order valence-electron chi connectivity index (χ0n) is 12.8. The molecule has 0 N–H and O–H groups in total. The van der Waals surface area contributed by atoms with Crippen LogP contribution >= 0.6 is 0 Å². The average molecular weight is 284 g/mol. The van der Waals surface area contributed by atoms with Crippen molar-refractivity contribution in [1.82, 2.24) is 0 Å². The standard InChI is InChI=1S/C16H28O4/c1-3-17-14-9-13(15-10-18-16(14)20-15)19-11(2)12-7-5-4-6-8-12/h11-16H,3-10H2,1-2H3/t11?,13-,14+,15+,16?/m0/s1. The Morgan fingerprint density at radius 2 is 1.95 bits per heavy atom. The molecule has 0 aromatic rings. The molecule has 0 spiro atoms. The Labute approximate surface area is 122 Å². The normalized spacial score (nSPS) is 39.9. The molecule has 2 saturated heterocycles. The van der Waals surface area contributed by atoms with Crippen molar-refractivity contribution < 1.29 is 18.9 Å². The third kappa shape index (κ3) is 3.19. The Morgan fingerprint density at radius 1 is 1.15 bits per heavy atom. The molecule has 3 rings (SSSR count). The maximum Gasteiger partial charge on any atom is 0.184 e. The highest BCUT2D eigenvalue weighted by Gasteiger charge is 2.45. The molecular formula is C16H28O4. The summed E-state index contributed by atoms with van der Waals surface area (Å²) >= 11 is 0. The van der Waals surface area contributed by atoms with E-state index in [1.807, 2.05) is 6.92 Å². The van der Waals surface area contributed by atoms with Crippen molar-refractivity contribution >= 4 is 0 Å². The van der Waals surface area contributed by atoms with Crippen LogP contribution < -0.4 is 0 Å². The highest BCUT2D eigenvalue weighted by atomic mass is 16.8. The summed E-state index contributed by atoms with van der Waals surface area (Å²) in [5, 5.41) is 0. The lowest BCUT2D eigenvalue weighted by Gasteiger charge is -2.37. The van der Waals surface area contributed by atoms with Gasteiger partial charge in [0.15, 0.2) is 6.29 Å². The number of hydrogen-bond donors (Lipinski definition) is 0. The van der Waals surface area contributed by atoms with Gasteiger partial charge in [-0.1, -0.05) is 19.3 Å². The van der Waals surface area contributed by atoms with Gasteiger partial charge in [-0.3, -0.25) is 0 Å². The summed E-state index contributed by atoms with van der Waals surface area (Å²) in [5.74, 6) is 0.717. The fourth-order valence-corrected chi connectivity index (χ4v) is 3.82. The molecule has 2 aliphatic heterocycles. The smallest absolute Gasteiger partial charge is 0.184 e. The molecule has 3 aliphatic rings. The molecule has 1 aliphatic carbocycles. The summed E-state index contributed by atoms with van der Waals surface area (Å²) in [7, 11) is 0. The SMILES string of the molecule is CCO[C@@H]1C[C@H](OC(C)C2CCCCC2)[C@H]2COC1O2. The van der Waals surface area contributed by atoms with Gasteiger partial charge in [0.05, 0.1) is 18.8 Å². The van der Waals surface area contributed by atoms with E-state index in [1.54, 1.807) is 0 Å². The lowest BCUT2D eigenvalue weighted by Crippen LogP contribution is -2.46. The quantitative estimate of drug-likeness (QED) is 0.778. The number of hydrogen-bond acceptors (Lipinski definition) is 4. The summed E-state index contributed by atoms with van der Waals surface area (Å²) < 4.78 is 23.7. The Morgan fingerprint density at radius 3 is 2.70 bits per heavy atom. The first-order chi connectivity index (χ1) is 9.78. The van der Waals surface area contributed by atoms with E-state index in [0.717, 1.165) is 6.42 Å². The Balaban J connectivity index is 1.55. The second-order valence-corrected chi connectivity index (χ2v) is 6.38. The van der Waals surface area contributed by atoms with Crippen LogP contribution in [0.1, 0.15) is 52.4 Å². The fourth-order valence-electron chi connectivity index (χ4n) is 3.82. The summed E-state index contributed by atoms with van der Waals surface area (Å²) in [4.78, 5) is 0. The van der Waals surface area contributed by atoms with Crippen LogP contribution in [0.5, 0.6) is 0 Å². The van der Waals surface area contributed by atoms with Gasteiger partial charge in [0.1, 0.15) is 12.2 Å². The van der Waals surface area contributed by atoms with Crippen LogP contribution in [0.25, 0.3) is 0 Å². The first-order valence-corrected chi connectivity index (χ1v) is 8.32. The zero-order chi connectivity index (χ0) is 13.9. The van der Waals surface area contributed by atoms with Crippen molar-refractivity contribution in [1.29, 1.82) is 0 Å². The maximum atomic E-state index is 6.35. The zero-order valence-corrected chi connectivity index (χ0v) is 12.8. The monoisotopic (exact) mass is 284 g/mol. The van der Waals surface area contributed by atoms with Crippen molar-refractivity contribution in [3.63, 3.8) is 0 Å². The van der Waals surface area contributed by atoms with Crippen LogP contribution in [-0.2, 0) is 18.9 Å². The van der Waals surface area contributed by atoms with Crippen molar-refractivity contribution in [3.05, 3.63) is 0 Å². The average Bonchev–Trinajstić information content (AvgIpc) is 2.90. The van der Waals surface area contributed by atoms with Gasteiger partial charge in [0, 0.05) is 13.0 Å². The van der Waals surface area contributed by atoms with Crippen LogP contribution in [0, 0.1) is 5.92 Å². The predicted octanol–water partition coefficient (Wildman–Crippen LogP) is 2.89. The third-order valence-electron chi connectivity index (χ3n) is 5.00. The van der Waals surface area contributed by atoms with Gasteiger partial charge in [-0.25, -0.2) is 0 Å². The molecule has 20 heavy (non-hydrogen) atoms. The van der Waals surface area contributed by atoms with E-state index in [0.29, 0.717) is 25.2 Å². The lowest BCUT2D eigenvalue weighted by atomic mass is 9.85. The molecule has 116 valence electrons. The molecule has 0 aromatic carbocycles. The van der Waals surface area contributed by atoms with Crippen molar-refractivity contribution in [2.45, 2.75) is 83.1 Å². The topological polar surface area (TPSA) is 36.9 Å². The summed E-state index contributed by atoms with van der Waals surface area (Å²) in [6.07, 6.45) is 8.03. The van der Waals surface area contributed by atoms with E-state index in [1.165, 1.54) is 32.1 Å². The summed E-state index contributed by atoms with van der Waals surface area (Å²) in [6.45, 7) is 5.59. The van der Waals surface area contributed by atoms with Crippen LogP contribution in [0.2, 0.25) is 0 Å². The van der Waals surface area contributed by atoms with Crippen LogP contribution in [0.4, 0.5) is 0 Å². The van der Waals surface area contributed by atoms with Crippen molar-refractivity contribution in [2.24, 2.45) is 5.92 Å². The first-order valence-electron chi connectivity index (χ1n) is 8.32. The molecule has 4 nitrogen and oxygen atoms in total. The van der Waals surface area contributed by atoms with Crippen LogP contribution in [0.3, 0.4) is 0 Å². The Hall–Kier alpha value is -0.160.